The van der Waals surface area contributed by atoms with E-state index >= 15 is 0 Å². The number of aromatic amines is 1. The maximum Gasteiger partial charge on any atom is 0.271 e. The molecule has 1 amide bonds. The van der Waals surface area contributed by atoms with Crippen LogP contribution in [-0.4, -0.2) is 36.7 Å². The molecule has 0 bridgehead atoms. The van der Waals surface area contributed by atoms with Crippen LogP contribution in [0.4, 0.5) is 5.69 Å². The molecule has 3 N–H and O–H groups in total. The van der Waals surface area contributed by atoms with Crippen molar-refractivity contribution in [3.8, 4) is 0 Å². The van der Waals surface area contributed by atoms with Crippen LogP contribution in [0.2, 0.25) is 0 Å². The van der Waals surface area contributed by atoms with Gasteiger partial charge in [0.2, 0.25) is 5.91 Å². The van der Waals surface area contributed by atoms with E-state index in [2.05, 4.69) is 31.5 Å². The van der Waals surface area contributed by atoms with Crippen LogP contribution < -0.4 is 16.2 Å². The quantitative estimate of drug-likeness (QED) is 0.747. The highest BCUT2D eigenvalue weighted by Gasteiger charge is 2.15. The zero-order valence-corrected chi connectivity index (χ0v) is 12.0. The third-order valence-electron chi connectivity index (χ3n) is 2.82. The summed E-state index contributed by atoms with van der Waals surface area (Å²) in [6.07, 6.45) is 3.82. The lowest BCUT2D eigenvalue weighted by Gasteiger charge is -2.10. The second-order valence-corrected chi connectivity index (χ2v) is 5.29. The van der Waals surface area contributed by atoms with E-state index in [1.807, 2.05) is 0 Å². The third-order valence-corrected chi connectivity index (χ3v) is 3.28. The molecule has 7 heteroatoms. The van der Waals surface area contributed by atoms with Crippen molar-refractivity contribution in [3.63, 3.8) is 0 Å². The Morgan fingerprint density at radius 1 is 1.58 bits per heavy atom. The van der Waals surface area contributed by atoms with E-state index in [0.717, 1.165) is 19.4 Å². The average Bonchev–Trinajstić information content (AvgIpc) is 2.87. The van der Waals surface area contributed by atoms with Crippen LogP contribution in [0.1, 0.15) is 12.8 Å². The highest BCUT2D eigenvalue weighted by molar-refractivity contribution is 9.10. The molecule has 0 saturated carbocycles. The third kappa shape index (κ3) is 4.45. The van der Waals surface area contributed by atoms with Gasteiger partial charge in [-0.2, -0.15) is 0 Å². The number of halogens is 1. The van der Waals surface area contributed by atoms with Gasteiger partial charge < -0.3 is 20.4 Å². The number of carbonyl (C=O) groups excluding carboxylic acids is 1. The molecule has 1 aromatic rings. The summed E-state index contributed by atoms with van der Waals surface area (Å²) in [4.78, 5) is 25.6. The van der Waals surface area contributed by atoms with Crippen LogP contribution in [0, 0.1) is 0 Å². The molecule has 19 heavy (non-hydrogen) atoms. The van der Waals surface area contributed by atoms with E-state index in [1.165, 1.54) is 6.20 Å². The SMILES string of the molecule is O=C(CNC[C@H]1CCCO1)Nc1cc(Br)c[nH]c1=O. The molecular weight excluding hydrogens is 314 g/mol. The number of anilines is 1. The second kappa shape index (κ2) is 6.83. The van der Waals surface area contributed by atoms with Gasteiger partial charge in [-0.15, -0.1) is 0 Å². The molecule has 1 fully saturated rings. The maximum atomic E-state index is 11.7. The second-order valence-electron chi connectivity index (χ2n) is 4.37. The number of amides is 1. The van der Waals surface area contributed by atoms with Gasteiger partial charge in [-0.25, -0.2) is 0 Å². The topological polar surface area (TPSA) is 83.2 Å². The number of H-pyrrole nitrogens is 1. The van der Waals surface area contributed by atoms with Gasteiger partial charge in [-0.05, 0) is 34.8 Å². The minimum Gasteiger partial charge on any atom is -0.377 e. The normalized spacial score (nSPS) is 18.5. The molecule has 1 atom stereocenters. The van der Waals surface area contributed by atoms with Crippen molar-refractivity contribution in [1.29, 1.82) is 0 Å². The largest absolute Gasteiger partial charge is 0.377 e. The van der Waals surface area contributed by atoms with Crippen molar-refractivity contribution in [2.24, 2.45) is 0 Å². The maximum absolute atomic E-state index is 11.7. The highest BCUT2D eigenvalue weighted by Crippen LogP contribution is 2.11. The molecule has 1 saturated heterocycles. The number of carbonyl (C=O) groups is 1. The van der Waals surface area contributed by atoms with Gasteiger partial charge in [-0.1, -0.05) is 0 Å². The predicted molar refractivity (Wildman–Crippen MR) is 75.2 cm³/mol. The first-order valence-electron chi connectivity index (χ1n) is 6.15. The number of aromatic nitrogens is 1. The predicted octanol–water partition coefficient (Wildman–Crippen LogP) is 0.844. The number of ether oxygens (including phenoxy) is 1. The van der Waals surface area contributed by atoms with E-state index in [1.54, 1.807) is 6.07 Å². The molecule has 2 heterocycles. The molecule has 1 aliphatic heterocycles. The minimum absolute atomic E-state index is 0.159. The number of nitrogens with one attached hydrogen (secondary N) is 3. The van der Waals surface area contributed by atoms with Gasteiger partial charge in [0.05, 0.1) is 12.6 Å². The summed E-state index contributed by atoms with van der Waals surface area (Å²) < 4.78 is 6.14. The average molecular weight is 330 g/mol. The summed E-state index contributed by atoms with van der Waals surface area (Å²) in [5, 5.41) is 5.58. The summed E-state index contributed by atoms with van der Waals surface area (Å²) in [5.74, 6) is -0.249. The zero-order valence-electron chi connectivity index (χ0n) is 10.4. The standard InChI is InChI=1S/C12H16BrN3O3/c13-8-4-10(12(18)15-5-8)16-11(17)7-14-6-9-2-1-3-19-9/h4-5,9,14H,1-3,6-7H2,(H,15,18)(H,16,17)/t9-/m1/s1. The Morgan fingerprint density at radius 3 is 3.16 bits per heavy atom. The van der Waals surface area contributed by atoms with Gasteiger partial charge in [0, 0.05) is 23.8 Å². The Kier molecular flexibility index (Phi) is 5.12. The molecule has 1 aromatic heterocycles. The van der Waals surface area contributed by atoms with Crippen LogP contribution in [0.15, 0.2) is 21.5 Å². The Balaban J connectivity index is 1.77. The van der Waals surface area contributed by atoms with Crippen LogP contribution in [0.25, 0.3) is 0 Å². The summed E-state index contributed by atoms with van der Waals surface area (Å²) in [5.41, 5.74) is -0.0889. The Labute approximate surface area is 119 Å². The zero-order chi connectivity index (χ0) is 13.7. The highest BCUT2D eigenvalue weighted by atomic mass is 79.9. The van der Waals surface area contributed by atoms with Crippen molar-refractivity contribution >= 4 is 27.5 Å². The first kappa shape index (κ1) is 14.2. The Bertz CT molecular complexity index is 497. The van der Waals surface area contributed by atoms with E-state index in [9.17, 15) is 9.59 Å². The molecule has 0 unspecified atom stereocenters. The molecule has 1 aliphatic rings. The Morgan fingerprint density at radius 2 is 2.42 bits per heavy atom. The Hall–Kier alpha value is -1.18. The molecule has 0 aliphatic carbocycles. The van der Waals surface area contributed by atoms with E-state index < -0.39 is 0 Å². The van der Waals surface area contributed by atoms with E-state index in [4.69, 9.17) is 4.74 Å². The molecular formula is C12H16BrN3O3. The van der Waals surface area contributed by atoms with E-state index in [0.29, 0.717) is 11.0 Å². The van der Waals surface area contributed by atoms with Crippen LogP contribution in [0.3, 0.4) is 0 Å². The van der Waals surface area contributed by atoms with Gasteiger partial charge in [0.25, 0.3) is 5.56 Å². The van der Waals surface area contributed by atoms with Gasteiger partial charge in [0.15, 0.2) is 0 Å². The molecule has 0 aromatic carbocycles. The fraction of sp³-hybridized carbons (Fsp3) is 0.500. The van der Waals surface area contributed by atoms with Gasteiger partial charge >= 0.3 is 0 Å². The first-order chi connectivity index (χ1) is 9.15. The molecule has 0 spiro atoms. The van der Waals surface area contributed by atoms with Crippen LogP contribution in [0.5, 0.6) is 0 Å². The molecule has 6 nitrogen and oxygen atoms in total. The van der Waals surface area contributed by atoms with Crippen molar-refractivity contribution in [2.75, 3.05) is 25.0 Å². The fourth-order valence-electron chi connectivity index (χ4n) is 1.90. The van der Waals surface area contributed by atoms with Crippen LogP contribution >= 0.6 is 15.9 Å². The van der Waals surface area contributed by atoms with Crippen molar-refractivity contribution in [2.45, 2.75) is 18.9 Å². The number of pyridine rings is 1. The molecule has 104 valence electrons. The number of hydrogen-bond acceptors (Lipinski definition) is 4. The summed E-state index contributed by atoms with van der Waals surface area (Å²) in [6.45, 7) is 1.61. The lowest BCUT2D eigenvalue weighted by molar-refractivity contribution is -0.115. The lowest BCUT2D eigenvalue weighted by Crippen LogP contribution is -2.34. The smallest absolute Gasteiger partial charge is 0.271 e. The van der Waals surface area contributed by atoms with Crippen LogP contribution in [-0.2, 0) is 9.53 Å². The lowest BCUT2D eigenvalue weighted by atomic mass is 10.2. The van der Waals surface area contributed by atoms with Crippen molar-refractivity contribution in [1.82, 2.24) is 10.3 Å². The monoisotopic (exact) mass is 329 g/mol. The first-order valence-corrected chi connectivity index (χ1v) is 6.95. The summed E-state index contributed by atoms with van der Waals surface area (Å²) in [7, 11) is 0. The summed E-state index contributed by atoms with van der Waals surface area (Å²) >= 11 is 3.23. The molecule has 0 radical (unpaired) electrons. The number of hydrogen-bond donors (Lipinski definition) is 3. The summed E-state index contributed by atoms with van der Waals surface area (Å²) in [6, 6.07) is 1.57. The van der Waals surface area contributed by atoms with Crippen molar-refractivity contribution < 1.29 is 9.53 Å². The number of rotatable bonds is 5. The fourth-order valence-corrected chi connectivity index (χ4v) is 2.24. The molecule has 2 rings (SSSR count). The van der Waals surface area contributed by atoms with Crippen molar-refractivity contribution in [3.05, 3.63) is 27.1 Å². The minimum atomic E-state index is -0.323. The van der Waals surface area contributed by atoms with Gasteiger partial charge in [-0.3, -0.25) is 9.59 Å². The van der Waals surface area contributed by atoms with Gasteiger partial charge in [0.1, 0.15) is 5.69 Å². The van der Waals surface area contributed by atoms with E-state index in [-0.39, 0.29) is 29.8 Å².